The number of benzene rings is 4. The number of methoxy groups -OCH3 is 2. The number of sulfonamides is 1. The molecule has 0 aliphatic carbocycles. The Balaban J connectivity index is 1.86. The number of amides is 2. The molecule has 0 unspecified atom stereocenters. The molecule has 0 fully saturated rings. The van der Waals surface area contributed by atoms with E-state index in [0.717, 1.165) is 9.87 Å². The number of hydrogen-bond acceptors (Lipinski definition) is 6. The Morgan fingerprint density at radius 1 is 0.851 bits per heavy atom. The van der Waals surface area contributed by atoms with E-state index >= 15 is 0 Å². The molecule has 2 atom stereocenters. The summed E-state index contributed by atoms with van der Waals surface area (Å²) in [5.74, 6) is -0.959. The molecule has 9 nitrogen and oxygen atoms in total. The Morgan fingerprint density at radius 3 is 2.09 bits per heavy atom. The molecular formula is C36H40FN3O6S. The van der Waals surface area contributed by atoms with Gasteiger partial charge in [-0.1, -0.05) is 67.6 Å². The van der Waals surface area contributed by atoms with Gasteiger partial charge in [-0.15, -0.1) is 0 Å². The molecule has 11 heteroatoms. The minimum atomic E-state index is -4.35. The normalized spacial score (nSPS) is 12.4. The van der Waals surface area contributed by atoms with Crippen LogP contribution >= 0.6 is 0 Å². The van der Waals surface area contributed by atoms with Crippen molar-refractivity contribution in [3.63, 3.8) is 0 Å². The topological polar surface area (TPSA) is 105 Å². The van der Waals surface area contributed by atoms with Crippen molar-refractivity contribution in [2.45, 2.75) is 50.2 Å². The SMILES string of the molecule is CC[C@H](C)NC(=O)[C@H](Cc1ccccc1)N(Cc1ccc(F)cc1)C(=O)CN(c1cc(OC)ccc1OC)S(=O)(=O)c1ccccc1. The first-order valence-corrected chi connectivity index (χ1v) is 16.7. The average Bonchev–Trinajstić information content (AvgIpc) is 3.09. The fraction of sp³-hybridized carbons (Fsp3) is 0.278. The van der Waals surface area contributed by atoms with Crippen LogP contribution in [0.4, 0.5) is 10.1 Å². The molecular weight excluding hydrogens is 621 g/mol. The number of nitrogens with one attached hydrogen (secondary N) is 1. The van der Waals surface area contributed by atoms with Gasteiger partial charge in [0.25, 0.3) is 10.0 Å². The molecule has 0 aromatic heterocycles. The summed E-state index contributed by atoms with van der Waals surface area (Å²) in [5, 5.41) is 2.99. The summed E-state index contributed by atoms with van der Waals surface area (Å²) in [6, 6.07) is 26.1. The van der Waals surface area contributed by atoms with Gasteiger partial charge in [-0.2, -0.15) is 0 Å². The maximum Gasteiger partial charge on any atom is 0.264 e. The molecule has 2 amide bonds. The molecule has 0 saturated heterocycles. The van der Waals surface area contributed by atoms with Crippen molar-refractivity contribution in [3.05, 3.63) is 120 Å². The molecule has 0 heterocycles. The Morgan fingerprint density at radius 2 is 1.49 bits per heavy atom. The van der Waals surface area contributed by atoms with Crippen LogP contribution in [0.3, 0.4) is 0 Å². The highest BCUT2D eigenvalue weighted by Gasteiger charge is 2.36. The number of hydrogen-bond donors (Lipinski definition) is 1. The summed E-state index contributed by atoms with van der Waals surface area (Å²) in [4.78, 5) is 29.9. The summed E-state index contributed by atoms with van der Waals surface area (Å²) in [7, 11) is -1.50. The van der Waals surface area contributed by atoms with E-state index in [1.54, 1.807) is 30.3 Å². The number of carbonyl (C=O) groups is 2. The molecule has 248 valence electrons. The highest BCUT2D eigenvalue weighted by Crippen LogP contribution is 2.36. The highest BCUT2D eigenvalue weighted by atomic mass is 32.2. The third-order valence-corrected chi connectivity index (χ3v) is 9.58. The van der Waals surface area contributed by atoms with E-state index in [-0.39, 0.29) is 35.3 Å². The number of carbonyl (C=O) groups excluding carboxylic acids is 2. The molecule has 0 radical (unpaired) electrons. The van der Waals surface area contributed by atoms with Gasteiger partial charge < -0.3 is 19.7 Å². The number of nitrogens with zero attached hydrogens (tertiary/aromatic N) is 2. The molecule has 0 aliphatic rings. The zero-order valence-electron chi connectivity index (χ0n) is 26.9. The van der Waals surface area contributed by atoms with E-state index in [2.05, 4.69) is 5.32 Å². The lowest BCUT2D eigenvalue weighted by atomic mass is 10.0. The van der Waals surface area contributed by atoms with Crippen molar-refractivity contribution in [2.75, 3.05) is 25.1 Å². The maximum absolute atomic E-state index is 14.6. The average molecular weight is 662 g/mol. The standard InChI is InChI=1S/C36H40FN3O6S/c1-5-26(2)38-36(42)33(22-27-12-8-6-9-13-27)39(24-28-16-18-29(37)19-17-28)35(41)25-40(47(43,44)31-14-10-7-11-15-31)32-23-30(45-3)20-21-34(32)46-4/h6-21,23,26,33H,5,22,24-25H2,1-4H3,(H,38,42)/t26-,33-/m0/s1. The van der Waals surface area contributed by atoms with Gasteiger partial charge in [0.15, 0.2) is 0 Å². The molecule has 1 N–H and O–H groups in total. The van der Waals surface area contributed by atoms with Gasteiger partial charge >= 0.3 is 0 Å². The Bertz CT molecular complexity index is 1740. The first kappa shape index (κ1) is 35.0. The number of rotatable bonds is 15. The third-order valence-electron chi connectivity index (χ3n) is 7.80. The van der Waals surface area contributed by atoms with Crippen molar-refractivity contribution in [1.29, 1.82) is 0 Å². The summed E-state index contributed by atoms with van der Waals surface area (Å²) < 4.78 is 54.3. The van der Waals surface area contributed by atoms with Crippen molar-refractivity contribution in [2.24, 2.45) is 0 Å². The van der Waals surface area contributed by atoms with Crippen LogP contribution in [0.15, 0.2) is 108 Å². The number of halogens is 1. The van der Waals surface area contributed by atoms with Crippen LogP contribution in [0.5, 0.6) is 11.5 Å². The minimum Gasteiger partial charge on any atom is -0.497 e. The summed E-state index contributed by atoms with van der Waals surface area (Å²) in [6.07, 6.45) is 0.818. The lowest BCUT2D eigenvalue weighted by molar-refractivity contribution is -0.140. The van der Waals surface area contributed by atoms with Gasteiger partial charge in [-0.25, -0.2) is 12.8 Å². The quantitative estimate of drug-likeness (QED) is 0.178. The second-order valence-corrected chi connectivity index (χ2v) is 12.9. The van der Waals surface area contributed by atoms with Crippen LogP contribution in [-0.2, 0) is 32.6 Å². The van der Waals surface area contributed by atoms with Gasteiger partial charge in [-0.05, 0) is 60.9 Å². The Kier molecular flexibility index (Phi) is 12.0. The van der Waals surface area contributed by atoms with Gasteiger partial charge in [0.1, 0.15) is 29.9 Å². The second kappa shape index (κ2) is 16.1. The number of anilines is 1. The van der Waals surface area contributed by atoms with Crippen LogP contribution in [0.2, 0.25) is 0 Å². The molecule has 4 rings (SSSR count). The zero-order chi connectivity index (χ0) is 34.0. The first-order valence-electron chi connectivity index (χ1n) is 15.2. The van der Waals surface area contributed by atoms with Gasteiger partial charge in [0, 0.05) is 25.1 Å². The van der Waals surface area contributed by atoms with Crippen molar-refractivity contribution in [3.8, 4) is 11.5 Å². The van der Waals surface area contributed by atoms with Gasteiger partial charge in [0.05, 0.1) is 24.8 Å². The molecule has 4 aromatic carbocycles. The predicted octanol–water partition coefficient (Wildman–Crippen LogP) is 5.59. The van der Waals surface area contributed by atoms with Crippen molar-refractivity contribution in [1.82, 2.24) is 10.2 Å². The predicted molar refractivity (Wildman–Crippen MR) is 179 cm³/mol. The molecule has 0 saturated carbocycles. The Hall–Kier alpha value is -4.90. The summed E-state index contributed by atoms with van der Waals surface area (Å²) >= 11 is 0. The van der Waals surface area contributed by atoms with Crippen LogP contribution in [0.1, 0.15) is 31.4 Å². The largest absolute Gasteiger partial charge is 0.497 e. The van der Waals surface area contributed by atoms with E-state index < -0.39 is 40.2 Å². The maximum atomic E-state index is 14.6. The first-order chi connectivity index (χ1) is 22.6. The minimum absolute atomic E-state index is 0.0434. The molecule has 4 aromatic rings. The summed E-state index contributed by atoms with van der Waals surface area (Å²) in [5.41, 5.74) is 1.44. The molecule has 47 heavy (non-hydrogen) atoms. The monoisotopic (exact) mass is 661 g/mol. The molecule has 0 aliphatic heterocycles. The van der Waals surface area contributed by atoms with E-state index in [4.69, 9.17) is 9.47 Å². The van der Waals surface area contributed by atoms with Crippen molar-refractivity contribution >= 4 is 27.5 Å². The molecule has 0 spiro atoms. The van der Waals surface area contributed by atoms with E-state index in [9.17, 15) is 22.4 Å². The third kappa shape index (κ3) is 8.88. The summed E-state index contributed by atoms with van der Waals surface area (Å²) in [6.45, 7) is 3.04. The van der Waals surface area contributed by atoms with Gasteiger partial charge in [0.2, 0.25) is 11.8 Å². The van der Waals surface area contributed by atoms with Crippen molar-refractivity contribution < 1.29 is 31.9 Å². The van der Waals surface area contributed by atoms with Crippen LogP contribution in [0.25, 0.3) is 0 Å². The van der Waals surface area contributed by atoms with E-state index in [1.165, 1.54) is 61.6 Å². The second-order valence-electron chi connectivity index (χ2n) is 11.0. The van der Waals surface area contributed by atoms with E-state index in [0.29, 0.717) is 17.7 Å². The fourth-order valence-corrected chi connectivity index (χ4v) is 6.44. The lowest BCUT2D eigenvalue weighted by Gasteiger charge is -2.34. The Labute approximate surface area is 276 Å². The molecule has 0 bridgehead atoms. The highest BCUT2D eigenvalue weighted by molar-refractivity contribution is 7.92. The van der Waals surface area contributed by atoms with E-state index in [1.807, 2.05) is 44.2 Å². The number of ether oxygens (including phenoxy) is 2. The lowest BCUT2D eigenvalue weighted by Crippen LogP contribution is -2.54. The van der Waals surface area contributed by atoms with Crippen LogP contribution in [-0.4, -0.2) is 58.0 Å². The fourth-order valence-electron chi connectivity index (χ4n) is 5.01. The van der Waals surface area contributed by atoms with Gasteiger partial charge in [-0.3, -0.25) is 13.9 Å². The smallest absolute Gasteiger partial charge is 0.264 e. The van der Waals surface area contributed by atoms with Crippen LogP contribution < -0.4 is 19.1 Å². The zero-order valence-corrected chi connectivity index (χ0v) is 27.7. The van der Waals surface area contributed by atoms with Crippen LogP contribution in [0, 0.1) is 5.82 Å².